The van der Waals surface area contributed by atoms with Gasteiger partial charge >= 0.3 is 6.09 Å². The van der Waals surface area contributed by atoms with Crippen molar-refractivity contribution in [1.82, 2.24) is 15.0 Å². The van der Waals surface area contributed by atoms with Gasteiger partial charge in [0.2, 0.25) is 0 Å². The number of hydrogen-bond acceptors (Lipinski definition) is 13. The predicted octanol–water partition coefficient (Wildman–Crippen LogP) is 10.0. The smallest absolute Gasteiger partial charge is 0.412 e. The lowest BCUT2D eigenvalue weighted by atomic mass is 9.96. The van der Waals surface area contributed by atoms with Gasteiger partial charge in [0, 0.05) is 29.3 Å². The minimum Gasteiger partial charge on any atom is -0.489 e. The highest BCUT2D eigenvalue weighted by Crippen LogP contribution is 2.50. The van der Waals surface area contributed by atoms with E-state index in [1.54, 1.807) is 45.4 Å². The number of carbonyl (C=O) groups excluding carboxylic acids is 1. The molecule has 294 valence electrons. The Kier molecular flexibility index (Phi) is 12.8. The standard InChI is InChI=1S/C39H40ClF2N7O5S2/c1-6-10-24(20-11-9-15-45-34(20)44)46-35-28-31(47-37(48-35)55-5)30(42)27(29(40)32(28)53-18-17-52-25-12-7-8-16-51-25)21-13-14-23(41)33-26(21)22(19-43)36(56-33)49-38(50)54-39(2,3)4/h6,9,11,13-15,24-25H,1,7-8,10,12,16-18H2,2-5H3,(H2,44,45)(H,49,50)(H,46,47,48)/t24-,25?/m1/s1. The Morgan fingerprint density at radius 3 is 2.73 bits per heavy atom. The molecule has 3 aromatic heterocycles. The lowest BCUT2D eigenvalue weighted by Crippen LogP contribution is -2.27. The Bertz CT molecular complexity index is 2330. The molecule has 1 aliphatic rings. The molecule has 0 radical (unpaired) electrons. The molecule has 2 aromatic carbocycles. The van der Waals surface area contributed by atoms with Crippen molar-refractivity contribution in [1.29, 1.82) is 5.26 Å². The van der Waals surface area contributed by atoms with Crippen molar-refractivity contribution < 1.29 is 32.5 Å². The number of ether oxygens (including phenoxy) is 4. The minimum absolute atomic E-state index is 0.0104. The number of pyridine rings is 1. The Labute approximate surface area is 335 Å². The fourth-order valence-corrected chi connectivity index (χ4v) is 8.04. The van der Waals surface area contributed by atoms with Crippen LogP contribution in [0.25, 0.3) is 32.1 Å². The first-order valence-corrected chi connectivity index (χ1v) is 20.1. The third-order valence-electron chi connectivity index (χ3n) is 8.66. The molecule has 0 saturated carbocycles. The lowest BCUT2D eigenvalue weighted by Gasteiger charge is -2.24. The second-order valence-corrected chi connectivity index (χ2v) is 15.8. The van der Waals surface area contributed by atoms with Crippen LogP contribution >= 0.6 is 34.7 Å². The molecule has 17 heteroatoms. The zero-order valence-electron chi connectivity index (χ0n) is 31.1. The average Bonchev–Trinajstić information content (AvgIpc) is 3.53. The zero-order valence-corrected chi connectivity index (χ0v) is 33.5. The number of nitrogens with one attached hydrogen (secondary N) is 2. The van der Waals surface area contributed by atoms with Crippen molar-refractivity contribution in [2.24, 2.45) is 0 Å². The summed E-state index contributed by atoms with van der Waals surface area (Å²) in [5.41, 5.74) is 5.68. The molecule has 1 saturated heterocycles. The molecule has 56 heavy (non-hydrogen) atoms. The molecule has 1 fully saturated rings. The van der Waals surface area contributed by atoms with Gasteiger partial charge in [-0.2, -0.15) is 5.26 Å². The molecular weight excluding hydrogens is 784 g/mol. The summed E-state index contributed by atoms with van der Waals surface area (Å²) in [7, 11) is 0. The molecule has 1 amide bonds. The van der Waals surface area contributed by atoms with Gasteiger partial charge in [-0.1, -0.05) is 41.6 Å². The van der Waals surface area contributed by atoms with E-state index in [0.29, 0.717) is 18.6 Å². The molecular formula is C39H40ClF2N7O5S2. The van der Waals surface area contributed by atoms with E-state index in [9.17, 15) is 10.1 Å². The van der Waals surface area contributed by atoms with Crippen LogP contribution in [0, 0.1) is 23.0 Å². The molecule has 4 N–H and O–H groups in total. The fraction of sp³-hybridized carbons (Fsp3) is 0.359. The molecule has 4 heterocycles. The first kappa shape index (κ1) is 40.9. The highest BCUT2D eigenvalue weighted by Gasteiger charge is 2.31. The van der Waals surface area contributed by atoms with Crippen LogP contribution in [0.3, 0.4) is 0 Å². The number of amides is 1. The summed E-state index contributed by atoms with van der Waals surface area (Å²) >= 11 is 9.20. The molecule has 1 aliphatic heterocycles. The van der Waals surface area contributed by atoms with Crippen molar-refractivity contribution >= 4 is 78.4 Å². The van der Waals surface area contributed by atoms with Gasteiger partial charge in [-0.3, -0.25) is 5.32 Å². The van der Waals surface area contributed by atoms with Crippen molar-refractivity contribution in [2.45, 2.75) is 69.5 Å². The highest BCUT2D eigenvalue weighted by atomic mass is 35.5. The number of nitrogens with two attached hydrogens (primary N) is 1. The van der Waals surface area contributed by atoms with E-state index in [1.807, 2.05) is 6.07 Å². The highest BCUT2D eigenvalue weighted by molar-refractivity contribution is 7.98. The monoisotopic (exact) mass is 823 g/mol. The Morgan fingerprint density at radius 1 is 1.25 bits per heavy atom. The second kappa shape index (κ2) is 17.6. The summed E-state index contributed by atoms with van der Waals surface area (Å²) in [5.74, 6) is -1.09. The van der Waals surface area contributed by atoms with Gasteiger partial charge in [0.05, 0.1) is 33.3 Å². The number of rotatable bonds is 13. The van der Waals surface area contributed by atoms with Gasteiger partial charge in [0.1, 0.15) is 46.2 Å². The number of carbonyl (C=O) groups is 1. The maximum Gasteiger partial charge on any atom is 0.412 e. The van der Waals surface area contributed by atoms with E-state index >= 15 is 8.78 Å². The van der Waals surface area contributed by atoms with Crippen LogP contribution in [0.15, 0.2) is 48.3 Å². The largest absolute Gasteiger partial charge is 0.489 e. The second-order valence-electron chi connectivity index (χ2n) is 13.7. The number of thioether (sulfide) groups is 1. The third kappa shape index (κ3) is 8.77. The summed E-state index contributed by atoms with van der Waals surface area (Å²) < 4.78 is 56.4. The Balaban J connectivity index is 1.56. The molecule has 0 aliphatic carbocycles. The number of aromatic nitrogens is 3. The molecule has 1 unspecified atom stereocenters. The number of halogens is 3. The maximum atomic E-state index is 17.4. The van der Waals surface area contributed by atoms with E-state index in [4.69, 9.17) is 41.3 Å². The summed E-state index contributed by atoms with van der Waals surface area (Å²) in [6.07, 6.45) is 6.83. The van der Waals surface area contributed by atoms with Crippen LogP contribution in [0.1, 0.15) is 63.6 Å². The van der Waals surface area contributed by atoms with Crippen LogP contribution in [0.4, 0.5) is 30.2 Å². The van der Waals surface area contributed by atoms with Gasteiger partial charge in [0.25, 0.3) is 0 Å². The zero-order chi connectivity index (χ0) is 40.1. The predicted molar refractivity (Wildman–Crippen MR) is 217 cm³/mol. The molecule has 2 atom stereocenters. The lowest BCUT2D eigenvalue weighted by molar-refractivity contribution is -0.165. The average molecular weight is 824 g/mol. The van der Waals surface area contributed by atoms with Crippen molar-refractivity contribution in [3.63, 3.8) is 0 Å². The van der Waals surface area contributed by atoms with Crippen LogP contribution in [0.5, 0.6) is 5.75 Å². The summed E-state index contributed by atoms with van der Waals surface area (Å²) in [6, 6.07) is 7.58. The number of nitrogen functional groups attached to an aromatic ring is 1. The van der Waals surface area contributed by atoms with Gasteiger partial charge in [-0.05, 0) is 70.4 Å². The van der Waals surface area contributed by atoms with Gasteiger partial charge in [-0.25, -0.2) is 28.5 Å². The quantitative estimate of drug-likeness (QED) is 0.0446. The van der Waals surface area contributed by atoms with Gasteiger partial charge < -0.3 is 30.0 Å². The minimum atomic E-state index is -0.879. The SMILES string of the molecule is C=CC[C@@H](Nc1nc(SC)nc2c(F)c(-c3ccc(F)c4sc(NC(=O)OC(C)(C)C)c(C#N)c34)c(Cl)c(OCCOC3CCCCO3)c12)c1cccnc1N. The third-order valence-corrected chi connectivity index (χ3v) is 10.7. The number of benzene rings is 2. The van der Waals surface area contributed by atoms with E-state index in [2.05, 4.69) is 33.2 Å². The number of fused-ring (bicyclic) bond motifs is 2. The number of hydrogen-bond donors (Lipinski definition) is 3. The number of thiophene rings is 1. The first-order chi connectivity index (χ1) is 26.8. The van der Waals surface area contributed by atoms with Crippen LogP contribution < -0.4 is 21.1 Å². The van der Waals surface area contributed by atoms with Crippen molar-refractivity contribution in [3.05, 3.63) is 70.9 Å². The molecule has 5 aromatic rings. The first-order valence-electron chi connectivity index (χ1n) is 17.7. The van der Waals surface area contributed by atoms with E-state index in [-0.39, 0.29) is 83.5 Å². The van der Waals surface area contributed by atoms with Crippen LogP contribution in [-0.2, 0) is 14.2 Å². The number of anilines is 3. The molecule has 0 bridgehead atoms. The maximum absolute atomic E-state index is 17.4. The van der Waals surface area contributed by atoms with Crippen LogP contribution in [0.2, 0.25) is 5.02 Å². The topological polar surface area (TPSA) is 167 Å². The van der Waals surface area contributed by atoms with E-state index in [0.717, 1.165) is 36.7 Å². The van der Waals surface area contributed by atoms with Crippen LogP contribution in [-0.4, -0.2) is 59.0 Å². The Morgan fingerprint density at radius 2 is 2.05 bits per heavy atom. The van der Waals surface area contributed by atoms with Gasteiger partial charge in [-0.15, -0.1) is 17.9 Å². The Hall–Kier alpha value is -4.79. The normalized spacial score (nSPS) is 15.0. The van der Waals surface area contributed by atoms with Gasteiger partial charge in [0.15, 0.2) is 23.0 Å². The molecule has 12 nitrogen and oxygen atoms in total. The van der Waals surface area contributed by atoms with Crippen molar-refractivity contribution in [3.8, 4) is 22.9 Å². The summed E-state index contributed by atoms with van der Waals surface area (Å²) in [6.45, 7) is 9.62. The van der Waals surface area contributed by atoms with E-state index in [1.165, 1.54) is 17.8 Å². The summed E-state index contributed by atoms with van der Waals surface area (Å²) in [4.78, 5) is 26.3. The molecule has 6 rings (SSSR count). The molecule has 0 spiro atoms. The van der Waals surface area contributed by atoms with E-state index < -0.39 is 35.7 Å². The number of nitrogens with zero attached hydrogens (tertiary/aromatic N) is 4. The van der Waals surface area contributed by atoms with Crippen molar-refractivity contribution in [2.75, 3.05) is 42.4 Å². The fourth-order valence-electron chi connectivity index (χ4n) is 6.28. The number of nitriles is 1. The summed E-state index contributed by atoms with van der Waals surface area (Å²) in [5, 5.41) is 16.5.